The topological polar surface area (TPSA) is 267 Å². The van der Waals surface area contributed by atoms with Crippen LogP contribution in [0, 0.1) is 5.92 Å². The average Bonchev–Trinajstić information content (AvgIpc) is 3.17. The number of likely N-dealkylation sites (tertiary alicyclic amines) is 1. The molecule has 16 heteroatoms. The molecule has 0 aromatic rings. The molecule has 1 rings (SSSR count). The third kappa shape index (κ3) is 11.2. The third-order valence-corrected chi connectivity index (χ3v) is 6.61. The number of carboxylic acids is 1. The Hall–Kier alpha value is -3.34. The van der Waals surface area contributed by atoms with Gasteiger partial charge >= 0.3 is 5.97 Å². The highest BCUT2D eigenvalue weighted by Crippen LogP contribution is 2.22. The Kier molecular flexibility index (Phi) is 15.2. The van der Waals surface area contributed by atoms with Crippen molar-refractivity contribution in [2.24, 2.45) is 17.4 Å². The zero-order valence-electron chi connectivity index (χ0n) is 23.8. The van der Waals surface area contributed by atoms with Crippen LogP contribution in [0.15, 0.2) is 0 Å². The number of carboxylic acid groups (broad SMARTS) is 1. The van der Waals surface area contributed by atoms with Gasteiger partial charge in [0.15, 0.2) is 0 Å². The summed E-state index contributed by atoms with van der Waals surface area (Å²) in [5.74, 6) is -4.86. The van der Waals surface area contributed by atoms with Crippen molar-refractivity contribution in [1.82, 2.24) is 26.2 Å². The van der Waals surface area contributed by atoms with Gasteiger partial charge < -0.3 is 53.0 Å². The minimum Gasteiger partial charge on any atom is -0.480 e. The van der Waals surface area contributed by atoms with E-state index < -0.39 is 91.5 Å². The molecule has 1 aliphatic rings. The number of unbranched alkanes of at least 4 members (excludes halogenated alkanes) is 1. The van der Waals surface area contributed by atoms with E-state index in [1.54, 1.807) is 6.92 Å². The zero-order valence-corrected chi connectivity index (χ0v) is 23.8. The molecule has 1 saturated heterocycles. The maximum absolute atomic E-state index is 13.1. The number of nitrogens with two attached hydrogens (primary N) is 2. The number of nitrogens with one attached hydrogen (secondary N) is 4. The molecule has 6 atom stereocenters. The summed E-state index contributed by atoms with van der Waals surface area (Å²) in [6, 6.07) is -6.72. The van der Waals surface area contributed by atoms with Gasteiger partial charge in [-0.15, -0.1) is 0 Å². The molecular weight excluding hydrogens is 542 g/mol. The van der Waals surface area contributed by atoms with E-state index in [4.69, 9.17) is 11.5 Å². The molecule has 1 fully saturated rings. The number of carbonyl (C=O) groups excluding carboxylic acids is 5. The Bertz CT molecular complexity index is 933. The van der Waals surface area contributed by atoms with Gasteiger partial charge in [0.1, 0.15) is 24.2 Å². The van der Waals surface area contributed by atoms with Gasteiger partial charge in [0.2, 0.25) is 29.5 Å². The maximum atomic E-state index is 13.1. The summed E-state index contributed by atoms with van der Waals surface area (Å²) < 4.78 is 0. The molecular formula is C25H45N7O9. The summed E-state index contributed by atoms with van der Waals surface area (Å²) in [5.41, 5.74) is 11.2. The van der Waals surface area contributed by atoms with Crippen molar-refractivity contribution in [3.8, 4) is 0 Å². The van der Waals surface area contributed by atoms with Crippen LogP contribution < -0.4 is 32.7 Å². The van der Waals surface area contributed by atoms with Crippen LogP contribution >= 0.6 is 0 Å². The number of hydrogen-bond acceptors (Lipinski definition) is 10. The Morgan fingerprint density at radius 1 is 1.00 bits per heavy atom. The van der Waals surface area contributed by atoms with E-state index >= 15 is 0 Å². The van der Waals surface area contributed by atoms with E-state index in [-0.39, 0.29) is 18.8 Å². The van der Waals surface area contributed by atoms with Gasteiger partial charge in [0.25, 0.3) is 0 Å². The van der Waals surface area contributed by atoms with Crippen LogP contribution in [0.3, 0.4) is 0 Å². The predicted molar refractivity (Wildman–Crippen MR) is 146 cm³/mol. The molecule has 1 heterocycles. The number of aliphatic hydroxyl groups is 2. The van der Waals surface area contributed by atoms with Crippen LogP contribution in [0.4, 0.5) is 0 Å². The van der Waals surface area contributed by atoms with Gasteiger partial charge in [-0.3, -0.25) is 24.0 Å². The van der Waals surface area contributed by atoms with Crippen LogP contribution in [0.2, 0.25) is 0 Å². The van der Waals surface area contributed by atoms with Crippen LogP contribution in [0.5, 0.6) is 0 Å². The molecule has 1 unspecified atom stereocenters. The fraction of sp³-hybridized carbons (Fsp3) is 0.760. The highest BCUT2D eigenvalue weighted by molar-refractivity contribution is 5.96. The van der Waals surface area contributed by atoms with Gasteiger partial charge in [-0.1, -0.05) is 13.8 Å². The maximum Gasteiger partial charge on any atom is 0.326 e. The largest absolute Gasteiger partial charge is 0.480 e. The van der Waals surface area contributed by atoms with Crippen LogP contribution in [0.25, 0.3) is 0 Å². The molecule has 0 spiro atoms. The molecule has 0 radical (unpaired) electrons. The lowest BCUT2D eigenvalue weighted by molar-refractivity contribution is -0.144. The van der Waals surface area contributed by atoms with Crippen molar-refractivity contribution in [2.75, 3.05) is 26.3 Å². The number of aliphatic carboxylic acids is 1. The lowest BCUT2D eigenvalue weighted by atomic mass is 10.0. The number of hydrogen-bond donors (Lipinski definition) is 9. The summed E-state index contributed by atoms with van der Waals surface area (Å²) in [6.45, 7) is 3.63. The van der Waals surface area contributed by atoms with Crippen LogP contribution in [-0.2, 0) is 28.8 Å². The lowest BCUT2D eigenvalue weighted by Crippen LogP contribution is -2.59. The summed E-state index contributed by atoms with van der Waals surface area (Å²) in [4.78, 5) is 75.6. The van der Waals surface area contributed by atoms with Gasteiger partial charge in [0.05, 0.1) is 25.8 Å². The second-order valence-electron chi connectivity index (χ2n) is 10.5. The minimum atomic E-state index is -1.55. The number of amides is 5. The molecule has 11 N–H and O–H groups in total. The molecule has 0 aliphatic carbocycles. The van der Waals surface area contributed by atoms with E-state index in [1.807, 2.05) is 13.8 Å². The highest BCUT2D eigenvalue weighted by atomic mass is 16.4. The molecule has 234 valence electrons. The van der Waals surface area contributed by atoms with Crippen LogP contribution in [0.1, 0.15) is 52.9 Å². The van der Waals surface area contributed by atoms with Crippen molar-refractivity contribution >= 4 is 35.5 Å². The number of carbonyl (C=O) groups is 6. The van der Waals surface area contributed by atoms with E-state index in [0.717, 1.165) is 4.90 Å². The van der Waals surface area contributed by atoms with Gasteiger partial charge in [-0.25, -0.2) is 4.79 Å². The Balaban J connectivity index is 2.79. The van der Waals surface area contributed by atoms with E-state index in [2.05, 4.69) is 21.3 Å². The fourth-order valence-electron chi connectivity index (χ4n) is 4.47. The molecule has 0 aromatic carbocycles. The first-order valence-electron chi connectivity index (χ1n) is 13.7. The first-order chi connectivity index (χ1) is 19.3. The standard InChI is InChI=1S/C25H45N7O9/c1-13(2)8-15(27)21(36)28-10-20(35)29-17-9-14(3)32(24(17)39)19(12-34)23(38)31-18(11-33)22(37)30-16(25(40)41)6-4-5-7-26/h13-19,33-34H,4-12,26-27H2,1-3H3,(H,28,36)(H,29,35)(H,30,37)(H,31,38)(H,40,41)/t14?,15-,16-,17-,18-,19-/m0/s1. The summed E-state index contributed by atoms with van der Waals surface area (Å²) in [6.07, 6.45) is 1.59. The highest BCUT2D eigenvalue weighted by Gasteiger charge is 2.44. The first-order valence-corrected chi connectivity index (χ1v) is 13.7. The van der Waals surface area contributed by atoms with Gasteiger partial charge in [0, 0.05) is 6.04 Å². The minimum absolute atomic E-state index is 0.0883. The van der Waals surface area contributed by atoms with E-state index in [9.17, 15) is 44.1 Å². The molecule has 5 amide bonds. The molecule has 0 aromatic heterocycles. The number of rotatable bonds is 18. The first kappa shape index (κ1) is 35.7. The zero-order chi connectivity index (χ0) is 31.3. The molecule has 16 nitrogen and oxygen atoms in total. The number of aliphatic hydroxyl groups excluding tert-OH is 2. The van der Waals surface area contributed by atoms with Gasteiger partial charge in [-0.2, -0.15) is 0 Å². The number of nitrogens with zero attached hydrogens (tertiary/aromatic N) is 1. The summed E-state index contributed by atoms with van der Waals surface area (Å²) in [7, 11) is 0. The quantitative estimate of drug-likeness (QED) is 0.0700. The van der Waals surface area contributed by atoms with Crippen LogP contribution in [-0.4, -0.2) is 118 Å². The summed E-state index contributed by atoms with van der Waals surface area (Å²) in [5, 5.41) is 38.4. The summed E-state index contributed by atoms with van der Waals surface area (Å²) >= 11 is 0. The molecule has 1 aliphatic heterocycles. The Morgan fingerprint density at radius 2 is 1.63 bits per heavy atom. The van der Waals surface area contributed by atoms with Crippen molar-refractivity contribution in [3.63, 3.8) is 0 Å². The fourth-order valence-corrected chi connectivity index (χ4v) is 4.47. The van der Waals surface area contributed by atoms with Crippen molar-refractivity contribution in [3.05, 3.63) is 0 Å². The van der Waals surface area contributed by atoms with Gasteiger partial charge in [-0.05, 0) is 51.5 Å². The predicted octanol–water partition coefficient (Wildman–Crippen LogP) is -3.88. The average molecular weight is 588 g/mol. The second kappa shape index (κ2) is 17.5. The Labute approximate surface area is 238 Å². The smallest absolute Gasteiger partial charge is 0.326 e. The van der Waals surface area contributed by atoms with Crippen molar-refractivity contribution in [1.29, 1.82) is 0 Å². The van der Waals surface area contributed by atoms with E-state index in [1.165, 1.54) is 0 Å². The third-order valence-electron chi connectivity index (χ3n) is 6.61. The Morgan fingerprint density at radius 3 is 2.17 bits per heavy atom. The SMILES string of the molecule is CC(C)C[C@H](N)C(=O)NCC(=O)N[C@H]1CC(C)N([C@@H](CO)C(=O)N[C@@H](CO)C(=O)N[C@@H](CCCCN)C(=O)O)C1=O. The normalized spacial score (nSPS) is 19.7. The second-order valence-corrected chi connectivity index (χ2v) is 10.5. The molecule has 0 saturated carbocycles. The molecule has 41 heavy (non-hydrogen) atoms. The van der Waals surface area contributed by atoms with Crippen molar-refractivity contribution in [2.45, 2.75) is 89.1 Å². The lowest BCUT2D eigenvalue weighted by Gasteiger charge is -2.30. The molecule has 0 bridgehead atoms. The monoisotopic (exact) mass is 587 g/mol. The van der Waals surface area contributed by atoms with E-state index in [0.29, 0.717) is 25.8 Å². The van der Waals surface area contributed by atoms with Crippen molar-refractivity contribution < 1.29 is 44.1 Å².